The van der Waals surface area contributed by atoms with Crippen LogP contribution in [0.2, 0.25) is 0 Å². The molecule has 226 valence electrons. The molecule has 2 saturated heterocycles. The Morgan fingerprint density at radius 2 is 1.43 bits per heavy atom. The summed E-state index contributed by atoms with van der Waals surface area (Å²) in [5.74, 6) is 0.338. The van der Waals surface area contributed by atoms with Gasteiger partial charge in [0.2, 0.25) is 0 Å². The number of carbonyl (C=O) groups excluding carboxylic acids is 3. The Kier molecular flexibility index (Phi) is 9.06. The zero-order chi connectivity index (χ0) is 30.0. The van der Waals surface area contributed by atoms with Gasteiger partial charge < -0.3 is 23.7 Å². The molecule has 0 aromatic heterocycles. The molecule has 0 unspecified atom stereocenters. The lowest BCUT2D eigenvalue weighted by molar-refractivity contribution is -0.192. The first-order valence-corrected chi connectivity index (χ1v) is 14.8. The Morgan fingerprint density at radius 1 is 0.762 bits per heavy atom. The maximum absolute atomic E-state index is 12.3. The fraction of sp³-hybridized carbons (Fsp3) is 0.545. The van der Waals surface area contributed by atoms with Crippen molar-refractivity contribution in [1.82, 2.24) is 4.90 Å². The van der Waals surface area contributed by atoms with Crippen molar-refractivity contribution in [3.63, 3.8) is 0 Å². The van der Waals surface area contributed by atoms with Crippen LogP contribution in [0, 0.1) is 0 Å². The predicted molar refractivity (Wildman–Crippen MR) is 155 cm³/mol. The number of rotatable bonds is 5. The van der Waals surface area contributed by atoms with E-state index >= 15 is 0 Å². The van der Waals surface area contributed by atoms with Gasteiger partial charge in [0.1, 0.15) is 23.7 Å². The number of methoxy groups -OCH3 is 2. The Labute approximate surface area is 247 Å². The molecule has 2 aromatic rings. The summed E-state index contributed by atoms with van der Waals surface area (Å²) >= 11 is 0. The van der Waals surface area contributed by atoms with E-state index in [9.17, 15) is 14.4 Å². The Morgan fingerprint density at radius 3 is 2.10 bits per heavy atom. The van der Waals surface area contributed by atoms with E-state index in [1.54, 1.807) is 14.2 Å². The van der Waals surface area contributed by atoms with E-state index < -0.39 is 24.1 Å². The number of nitrogens with zero attached hydrogens (tertiary/aromatic N) is 1. The fourth-order valence-electron chi connectivity index (χ4n) is 7.25. The topological polar surface area (TPSA) is 101 Å². The normalized spacial score (nSPS) is 27.2. The third-order valence-electron chi connectivity index (χ3n) is 8.81. The lowest BCUT2D eigenvalue weighted by Crippen LogP contribution is -2.62. The van der Waals surface area contributed by atoms with Crippen molar-refractivity contribution < 1.29 is 38.1 Å². The third kappa shape index (κ3) is 6.26. The molecule has 0 radical (unpaired) electrons. The van der Waals surface area contributed by atoms with Gasteiger partial charge in [-0.3, -0.25) is 19.3 Å². The van der Waals surface area contributed by atoms with Gasteiger partial charge >= 0.3 is 17.9 Å². The molecule has 42 heavy (non-hydrogen) atoms. The van der Waals surface area contributed by atoms with Crippen molar-refractivity contribution in [1.29, 1.82) is 0 Å². The van der Waals surface area contributed by atoms with Gasteiger partial charge in [-0.2, -0.15) is 0 Å². The molecule has 6 atom stereocenters. The number of hydrogen-bond acceptors (Lipinski definition) is 9. The van der Waals surface area contributed by atoms with Gasteiger partial charge in [-0.1, -0.05) is 18.6 Å². The van der Waals surface area contributed by atoms with Crippen LogP contribution >= 0.6 is 0 Å². The minimum atomic E-state index is -0.597. The molecule has 3 aliphatic heterocycles. The highest BCUT2D eigenvalue weighted by molar-refractivity contribution is 5.77. The molecular formula is C33H41NO8. The standard InChI is InChI=1S/C33H41NO8/c1-19(35)40-25-12-9-22-10-13-30(38-4)26(15-22)27-16-23(11-14-31(27)39-5)29-18-32(41-20(2)36)33(42-21(3)37)28-8-6-7-24(17-25)34(28)29/h10-11,13-16,24-25,28-29,32-33H,6-9,12,17-18H2,1-5H3/t24-,25+,28+,29+,32-,33-/m1/s1. The first-order valence-electron chi connectivity index (χ1n) is 14.8. The summed E-state index contributed by atoms with van der Waals surface area (Å²) in [4.78, 5) is 39.2. The quantitative estimate of drug-likeness (QED) is 0.351. The molecule has 2 aromatic carbocycles. The number of fused-ring (bicyclic) bond motifs is 6. The molecule has 3 heterocycles. The van der Waals surface area contributed by atoms with Gasteiger partial charge in [-0.25, -0.2) is 0 Å². The lowest BCUT2D eigenvalue weighted by Gasteiger charge is -2.54. The van der Waals surface area contributed by atoms with E-state index in [2.05, 4.69) is 29.2 Å². The summed E-state index contributed by atoms with van der Waals surface area (Å²) in [6.45, 7) is 4.24. The number of piperidine rings is 2. The summed E-state index contributed by atoms with van der Waals surface area (Å²) in [7, 11) is 3.31. The average Bonchev–Trinajstić information content (AvgIpc) is 2.95. The van der Waals surface area contributed by atoms with Gasteiger partial charge in [0, 0.05) is 50.4 Å². The van der Waals surface area contributed by atoms with Gasteiger partial charge in [-0.15, -0.1) is 0 Å². The smallest absolute Gasteiger partial charge is 0.303 e. The second-order valence-electron chi connectivity index (χ2n) is 11.6. The van der Waals surface area contributed by atoms with Crippen LogP contribution in [0.3, 0.4) is 0 Å². The van der Waals surface area contributed by atoms with Crippen molar-refractivity contribution in [2.24, 2.45) is 0 Å². The summed E-state index contributed by atoms with van der Waals surface area (Å²) in [5.41, 5.74) is 3.96. The molecule has 9 nitrogen and oxygen atoms in total. The molecule has 2 fully saturated rings. The van der Waals surface area contributed by atoms with Gasteiger partial charge in [0.05, 0.1) is 20.3 Å². The van der Waals surface area contributed by atoms with Crippen LogP contribution in [0.5, 0.6) is 11.5 Å². The zero-order valence-electron chi connectivity index (χ0n) is 25.1. The Balaban J connectivity index is 1.69. The number of aryl methyl sites for hydroxylation is 1. The summed E-state index contributed by atoms with van der Waals surface area (Å²) < 4.78 is 29.2. The summed E-state index contributed by atoms with van der Waals surface area (Å²) in [6.07, 6.45) is 3.65. The Bertz CT molecular complexity index is 1330. The van der Waals surface area contributed by atoms with E-state index in [4.69, 9.17) is 23.7 Å². The number of benzene rings is 2. The largest absolute Gasteiger partial charge is 0.496 e. The van der Waals surface area contributed by atoms with Gasteiger partial charge in [0.25, 0.3) is 0 Å². The molecule has 3 aliphatic rings. The summed E-state index contributed by atoms with van der Waals surface area (Å²) in [5, 5.41) is 0. The first-order chi connectivity index (χ1) is 20.2. The van der Waals surface area contributed by atoms with Crippen molar-refractivity contribution >= 4 is 17.9 Å². The van der Waals surface area contributed by atoms with Crippen molar-refractivity contribution in [2.45, 2.75) is 102 Å². The zero-order valence-corrected chi connectivity index (χ0v) is 25.1. The fourth-order valence-corrected chi connectivity index (χ4v) is 7.25. The summed E-state index contributed by atoms with van der Waals surface area (Å²) in [6, 6.07) is 12.1. The highest BCUT2D eigenvalue weighted by atomic mass is 16.6. The van der Waals surface area contributed by atoms with Gasteiger partial charge in [0.15, 0.2) is 6.10 Å². The van der Waals surface area contributed by atoms with Crippen LogP contribution in [0.25, 0.3) is 11.1 Å². The van der Waals surface area contributed by atoms with Gasteiger partial charge in [-0.05, 0) is 67.5 Å². The predicted octanol–water partition coefficient (Wildman–Crippen LogP) is 5.17. The van der Waals surface area contributed by atoms with E-state index in [0.717, 1.165) is 59.4 Å². The third-order valence-corrected chi connectivity index (χ3v) is 8.81. The second kappa shape index (κ2) is 12.7. The van der Waals surface area contributed by atoms with Crippen LogP contribution in [0.4, 0.5) is 0 Å². The van der Waals surface area contributed by atoms with E-state index in [0.29, 0.717) is 19.3 Å². The SMILES string of the molecule is COc1ccc2cc1-c1cc(ccc1OC)[C@@H]1C[C@@H](OC(C)=O)[C@H](OC(C)=O)[C@@H]3CCC[C@H](C[C@@H](OC(C)=O)CC2)N13. The van der Waals surface area contributed by atoms with E-state index in [1.807, 2.05) is 12.1 Å². The van der Waals surface area contributed by atoms with Crippen LogP contribution < -0.4 is 9.47 Å². The Hall–Kier alpha value is -3.59. The van der Waals surface area contributed by atoms with E-state index in [1.165, 1.54) is 20.8 Å². The minimum absolute atomic E-state index is 0.0680. The second-order valence-corrected chi connectivity index (χ2v) is 11.6. The van der Waals surface area contributed by atoms with Crippen LogP contribution in [0.1, 0.15) is 76.5 Å². The molecule has 0 amide bonds. The maximum atomic E-state index is 12.3. The van der Waals surface area contributed by atoms with Crippen molar-refractivity contribution in [2.75, 3.05) is 14.2 Å². The molecular weight excluding hydrogens is 538 g/mol. The average molecular weight is 580 g/mol. The molecule has 0 saturated carbocycles. The molecule has 9 heteroatoms. The van der Waals surface area contributed by atoms with E-state index in [-0.39, 0.29) is 30.2 Å². The molecule has 0 spiro atoms. The first kappa shape index (κ1) is 29.9. The van der Waals surface area contributed by atoms with Crippen LogP contribution in [-0.2, 0) is 35.0 Å². The monoisotopic (exact) mass is 579 g/mol. The number of esters is 3. The molecule has 0 N–H and O–H groups in total. The van der Waals surface area contributed by atoms with Crippen LogP contribution in [-0.4, -0.2) is 67.4 Å². The maximum Gasteiger partial charge on any atom is 0.303 e. The molecule has 0 aliphatic carbocycles. The molecule has 4 bridgehead atoms. The minimum Gasteiger partial charge on any atom is -0.496 e. The van der Waals surface area contributed by atoms with Crippen molar-refractivity contribution in [3.8, 4) is 22.6 Å². The highest BCUT2D eigenvalue weighted by Gasteiger charge is 2.51. The number of ether oxygens (including phenoxy) is 5. The highest BCUT2D eigenvalue weighted by Crippen LogP contribution is 2.47. The number of hydrogen-bond donors (Lipinski definition) is 0. The lowest BCUT2D eigenvalue weighted by atomic mass is 9.78. The van der Waals surface area contributed by atoms with Crippen molar-refractivity contribution in [3.05, 3.63) is 47.5 Å². The van der Waals surface area contributed by atoms with Crippen LogP contribution in [0.15, 0.2) is 36.4 Å². The number of carbonyl (C=O) groups is 3. The molecule has 5 rings (SSSR count).